The maximum absolute atomic E-state index is 13.3. The van der Waals surface area contributed by atoms with Crippen molar-refractivity contribution in [2.75, 3.05) is 13.7 Å². The van der Waals surface area contributed by atoms with Crippen molar-refractivity contribution in [3.8, 4) is 0 Å². The Kier molecular flexibility index (Phi) is 9.50. The van der Waals surface area contributed by atoms with Crippen LogP contribution in [0.4, 0.5) is 4.79 Å². The first-order chi connectivity index (χ1) is 15.3. The van der Waals surface area contributed by atoms with E-state index in [1.165, 1.54) is 7.11 Å². The van der Waals surface area contributed by atoms with Gasteiger partial charge in [0, 0.05) is 6.54 Å². The van der Waals surface area contributed by atoms with Crippen molar-refractivity contribution >= 4 is 17.6 Å². The van der Waals surface area contributed by atoms with Gasteiger partial charge in [-0.1, -0.05) is 49.8 Å². The summed E-state index contributed by atoms with van der Waals surface area (Å²) >= 11 is 0. The zero-order chi connectivity index (χ0) is 23.7. The number of amides is 2. The topological polar surface area (TPSA) is 87.3 Å². The molecule has 7 heteroatoms. The molecule has 1 fully saturated rings. The molecule has 0 aliphatic carbocycles. The number of carbonyl (C=O) groups is 2. The van der Waals surface area contributed by atoms with Gasteiger partial charge in [0.05, 0.1) is 25.0 Å². The highest BCUT2D eigenvalue weighted by molar-refractivity contribution is 5.86. The third-order valence-electron chi connectivity index (χ3n) is 5.43. The number of likely N-dealkylation sites (tertiary alicyclic amines) is 1. The molecule has 2 atom stereocenters. The van der Waals surface area contributed by atoms with Crippen LogP contribution >= 0.6 is 0 Å². The van der Waals surface area contributed by atoms with Crippen molar-refractivity contribution in [3.63, 3.8) is 0 Å². The van der Waals surface area contributed by atoms with Gasteiger partial charge in [0.25, 0.3) is 0 Å². The fourth-order valence-electron chi connectivity index (χ4n) is 3.82. The number of rotatable bonds is 8. The Morgan fingerprint density at radius 3 is 2.69 bits per heavy atom. The van der Waals surface area contributed by atoms with Gasteiger partial charge in [0.1, 0.15) is 11.9 Å². The first-order valence-corrected chi connectivity index (χ1v) is 11.2. The van der Waals surface area contributed by atoms with Crippen LogP contribution < -0.4 is 5.32 Å². The lowest BCUT2D eigenvalue weighted by Gasteiger charge is -2.30. The lowest BCUT2D eigenvalue weighted by atomic mass is 10.0. The maximum atomic E-state index is 13.3. The minimum atomic E-state index is -0.644. The highest BCUT2D eigenvalue weighted by Crippen LogP contribution is 2.32. The number of imidazole rings is 1. The molecular weight excluding hydrogens is 404 g/mol. The lowest BCUT2D eigenvalue weighted by Crippen LogP contribution is -2.51. The molecular formula is C25H36N4O3. The standard InChI is InChI=1S/C25H36N4O3/c1-7-9-12-19(15-18(5)11-8-2)20-16-26-23(27-20)21-13-10-14-29(21)24(30)22(17(3)4)28-25(31)32-6/h7-9,11-12,15-17,21-22H,10,13-14H2,1-6H3,(H,26,27)(H,28,31)/b9-7+,11-8-,18-15+,19-12+/t21-,22-/m0/s1. The van der Waals surface area contributed by atoms with Crippen molar-refractivity contribution in [2.45, 2.75) is 59.5 Å². The zero-order valence-electron chi connectivity index (χ0n) is 20.0. The number of hydrogen-bond donors (Lipinski definition) is 2. The molecule has 1 aromatic heterocycles. The number of methoxy groups -OCH3 is 1. The Bertz CT molecular complexity index is 908. The highest BCUT2D eigenvalue weighted by Gasteiger charge is 2.37. The van der Waals surface area contributed by atoms with Gasteiger partial charge in [-0.3, -0.25) is 4.79 Å². The molecule has 2 amide bonds. The number of allylic oxidation sites excluding steroid dienone is 8. The Morgan fingerprint density at radius 1 is 1.31 bits per heavy atom. The second-order valence-corrected chi connectivity index (χ2v) is 8.27. The number of aromatic nitrogens is 2. The van der Waals surface area contributed by atoms with E-state index in [1.54, 1.807) is 0 Å². The average molecular weight is 441 g/mol. The van der Waals surface area contributed by atoms with Crippen LogP contribution in [0.25, 0.3) is 5.57 Å². The van der Waals surface area contributed by atoms with Crippen molar-refractivity contribution in [1.82, 2.24) is 20.2 Å². The van der Waals surface area contributed by atoms with Crippen molar-refractivity contribution in [1.29, 1.82) is 0 Å². The number of carbonyl (C=O) groups excluding carboxylic acids is 2. The predicted octanol–water partition coefficient (Wildman–Crippen LogP) is 4.94. The van der Waals surface area contributed by atoms with Crippen molar-refractivity contribution < 1.29 is 14.3 Å². The van der Waals surface area contributed by atoms with Gasteiger partial charge >= 0.3 is 6.09 Å². The molecule has 1 aromatic rings. The third-order valence-corrected chi connectivity index (χ3v) is 5.43. The molecule has 2 rings (SSSR count). The minimum absolute atomic E-state index is 0.0647. The summed E-state index contributed by atoms with van der Waals surface area (Å²) in [5, 5.41) is 2.68. The maximum Gasteiger partial charge on any atom is 0.407 e. The summed E-state index contributed by atoms with van der Waals surface area (Å²) in [6.45, 7) is 10.5. The van der Waals surface area contributed by atoms with E-state index in [-0.39, 0.29) is 17.9 Å². The largest absolute Gasteiger partial charge is 0.453 e. The summed E-state index contributed by atoms with van der Waals surface area (Å²) in [4.78, 5) is 34.9. The molecule has 1 aliphatic heterocycles. The quantitative estimate of drug-likeness (QED) is 0.561. The molecule has 1 saturated heterocycles. The number of nitrogens with one attached hydrogen (secondary N) is 2. The molecule has 1 aliphatic rings. The number of ether oxygens (including phenoxy) is 1. The van der Waals surface area contributed by atoms with Gasteiger partial charge in [-0.25, -0.2) is 9.78 Å². The molecule has 7 nitrogen and oxygen atoms in total. The molecule has 0 radical (unpaired) electrons. The smallest absolute Gasteiger partial charge is 0.407 e. The second kappa shape index (κ2) is 12.1. The molecule has 2 N–H and O–H groups in total. The number of aromatic amines is 1. The van der Waals surface area contributed by atoms with E-state index in [9.17, 15) is 9.59 Å². The highest BCUT2D eigenvalue weighted by atomic mass is 16.5. The van der Waals surface area contributed by atoms with Crippen LogP contribution in [-0.4, -0.2) is 46.6 Å². The monoisotopic (exact) mass is 440 g/mol. The summed E-state index contributed by atoms with van der Waals surface area (Å²) in [6.07, 6.45) is 15.1. The summed E-state index contributed by atoms with van der Waals surface area (Å²) in [6, 6.07) is -0.797. The van der Waals surface area contributed by atoms with E-state index < -0.39 is 12.1 Å². The van der Waals surface area contributed by atoms with Crippen LogP contribution in [0.15, 0.2) is 48.2 Å². The summed E-state index contributed by atoms with van der Waals surface area (Å²) in [7, 11) is 1.30. The molecule has 0 unspecified atom stereocenters. The van der Waals surface area contributed by atoms with E-state index in [0.29, 0.717) is 6.54 Å². The Hall–Kier alpha value is -3.09. The van der Waals surface area contributed by atoms with Gasteiger partial charge in [0.15, 0.2) is 0 Å². The van der Waals surface area contributed by atoms with Gasteiger partial charge in [-0.05, 0) is 51.2 Å². The van der Waals surface area contributed by atoms with E-state index in [1.807, 2.05) is 63.1 Å². The minimum Gasteiger partial charge on any atom is -0.453 e. The normalized spacial score (nSPS) is 18.7. The summed E-state index contributed by atoms with van der Waals surface area (Å²) < 4.78 is 4.70. The van der Waals surface area contributed by atoms with E-state index in [2.05, 4.69) is 34.4 Å². The molecule has 2 heterocycles. The van der Waals surface area contributed by atoms with Crippen molar-refractivity contribution in [2.24, 2.45) is 5.92 Å². The molecule has 0 spiro atoms. The Labute approximate surface area is 191 Å². The zero-order valence-corrected chi connectivity index (χ0v) is 20.0. The van der Waals surface area contributed by atoms with Gasteiger partial charge in [-0.2, -0.15) is 0 Å². The van der Waals surface area contributed by atoms with Gasteiger partial charge in [0.2, 0.25) is 5.91 Å². The number of H-pyrrole nitrogens is 1. The molecule has 32 heavy (non-hydrogen) atoms. The summed E-state index contributed by atoms with van der Waals surface area (Å²) in [5.74, 6) is 0.583. The third kappa shape index (κ3) is 6.45. The fourth-order valence-corrected chi connectivity index (χ4v) is 3.82. The average Bonchev–Trinajstić information content (AvgIpc) is 3.43. The van der Waals surface area contributed by atoms with Crippen LogP contribution in [0.1, 0.15) is 65.0 Å². The van der Waals surface area contributed by atoms with Gasteiger partial charge < -0.3 is 19.9 Å². The first-order valence-electron chi connectivity index (χ1n) is 11.2. The van der Waals surface area contributed by atoms with Crippen molar-refractivity contribution in [3.05, 3.63) is 59.7 Å². The Balaban J connectivity index is 2.30. The molecule has 0 saturated carbocycles. The lowest BCUT2D eigenvalue weighted by molar-refractivity contribution is -0.135. The van der Waals surface area contributed by atoms with E-state index >= 15 is 0 Å². The summed E-state index contributed by atoms with van der Waals surface area (Å²) in [5.41, 5.74) is 3.04. The number of hydrogen-bond acceptors (Lipinski definition) is 4. The van der Waals surface area contributed by atoms with E-state index in [4.69, 9.17) is 4.74 Å². The second-order valence-electron chi connectivity index (χ2n) is 8.27. The van der Waals surface area contributed by atoms with Crippen LogP contribution in [0, 0.1) is 5.92 Å². The number of alkyl carbamates (subject to hydrolysis) is 1. The van der Waals surface area contributed by atoms with Gasteiger partial charge in [-0.15, -0.1) is 0 Å². The predicted molar refractivity (Wildman–Crippen MR) is 128 cm³/mol. The first kappa shape index (κ1) is 25.2. The molecule has 174 valence electrons. The van der Waals surface area contributed by atoms with Crippen LogP contribution in [0.5, 0.6) is 0 Å². The number of nitrogens with zero attached hydrogens (tertiary/aromatic N) is 2. The van der Waals surface area contributed by atoms with Crippen LogP contribution in [0.3, 0.4) is 0 Å². The van der Waals surface area contributed by atoms with Crippen LogP contribution in [0.2, 0.25) is 0 Å². The SMILES string of the molecule is C\C=C/C(C)=C/C(=C\C=C\C)c1cnc([C@@H]2CCCN2C(=O)[C@@H](NC(=O)OC)C(C)C)[nH]1. The van der Waals surface area contributed by atoms with E-state index in [0.717, 1.165) is 35.5 Å². The van der Waals surface area contributed by atoms with Crippen LogP contribution in [-0.2, 0) is 9.53 Å². The molecule has 0 bridgehead atoms. The Morgan fingerprint density at radius 2 is 2.06 bits per heavy atom. The fraction of sp³-hybridized carbons (Fsp3) is 0.480. The molecule has 0 aromatic carbocycles.